The zero-order valence-electron chi connectivity index (χ0n) is 14.7. The minimum atomic E-state index is -0.715. The summed E-state index contributed by atoms with van der Waals surface area (Å²) >= 11 is 1.85. The first-order valence-corrected chi connectivity index (χ1v) is 9.68. The number of hydrogen-bond donors (Lipinski definition) is 1. The van der Waals surface area contributed by atoms with Gasteiger partial charge in [-0.2, -0.15) is 11.8 Å². The van der Waals surface area contributed by atoms with E-state index in [0.29, 0.717) is 13.1 Å². The number of ether oxygens (including phenoxy) is 2. The van der Waals surface area contributed by atoms with Crippen molar-refractivity contribution in [2.75, 3.05) is 54.6 Å². The molecule has 3 saturated heterocycles. The normalized spacial score (nSPS) is 22.9. The van der Waals surface area contributed by atoms with Crippen LogP contribution >= 0.6 is 11.8 Å². The monoisotopic (exact) mass is 399 g/mol. The summed E-state index contributed by atoms with van der Waals surface area (Å²) in [6.07, 6.45) is -2.00. The lowest BCUT2D eigenvalue weighted by Gasteiger charge is -2.56. The third-order valence-electron chi connectivity index (χ3n) is 5.03. The van der Waals surface area contributed by atoms with Crippen LogP contribution in [0, 0.1) is 17.0 Å². The van der Waals surface area contributed by atoms with Crippen molar-refractivity contribution in [3.8, 4) is 0 Å². The molecule has 7 nitrogen and oxygen atoms in total. The fourth-order valence-electron chi connectivity index (χ4n) is 3.61. The molecule has 3 fully saturated rings. The maximum atomic E-state index is 14.6. The Morgan fingerprint density at radius 3 is 2.59 bits per heavy atom. The molecule has 1 atom stereocenters. The topological polar surface area (TPSA) is 71.1 Å². The number of carbonyl (C=O) groups excluding carboxylic acids is 2. The van der Waals surface area contributed by atoms with Crippen molar-refractivity contribution < 1.29 is 27.8 Å². The number of carbonyl (C=O) groups is 2. The van der Waals surface area contributed by atoms with E-state index in [9.17, 15) is 18.4 Å². The Labute approximate surface area is 159 Å². The summed E-state index contributed by atoms with van der Waals surface area (Å²) in [6.45, 7) is 1.43. The molecule has 1 N–H and O–H groups in total. The second-order valence-electron chi connectivity index (χ2n) is 7.10. The molecule has 0 bridgehead atoms. The summed E-state index contributed by atoms with van der Waals surface area (Å²) < 4.78 is 38.8. The van der Waals surface area contributed by atoms with Gasteiger partial charge < -0.3 is 19.7 Å². The number of cyclic esters (lactones) is 1. The number of benzene rings is 1. The highest BCUT2D eigenvalue weighted by Gasteiger charge is 2.49. The number of amides is 2. The van der Waals surface area contributed by atoms with Crippen molar-refractivity contribution in [1.82, 2.24) is 5.32 Å². The summed E-state index contributed by atoms with van der Waals surface area (Å²) in [5.41, 5.74) is 0.257. The number of hydrogen-bond acceptors (Lipinski definition) is 6. The Kier molecular flexibility index (Phi) is 4.53. The average molecular weight is 399 g/mol. The number of rotatable bonds is 4. The maximum absolute atomic E-state index is 14.6. The van der Waals surface area contributed by atoms with E-state index in [-0.39, 0.29) is 29.9 Å². The van der Waals surface area contributed by atoms with Crippen molar-refractivity contribution in [2.45, 2.75) is 6.10 Å². The number of thioether (sulfide) groups is 1. The van der Waals surface area contributed by atoms with Crippen molar-refractivity contribution in [1.29, 1.82) is 0 Å². The largest absolute Gasteiger partial charge is 0.453 e. The Hall–Kier alpha value is -2.23. The lowest BCUT2D eigenvalue weighted by atomic mass is 9.82. The van der Waals surface area contributed by atoms with Crippen LogP contribution in [0.3, 0.4) is 0 Å². The van der Waals surface area contributed by atoms with E-state index in [2.05, 4.69) is 10.1 Å². The van der Waals surface area contributed by atoms with E-state index in [1.165, 1.54) is 7.11 Å². The van der Waals surface area contributed by atoms with Gasteiger partial charge in [0.05, 0.1) is 25.9 Å². The zero-order valence-corrected chi connectivity index (χ0v) is 15.5. The highest BCUT2D eigenvalue weighted by Crippen LogP contribution is 2.48. The molecule has 3 aliphatic heterocycles. The number of anilines is 2. The molecule has 1 spiro atoms. The molecule has 27 heavy (non-hydrogen) atoms. The zero-order chi connectivity index (χ0) is 19.2. The van der Waals surface area contributed by atoms with Crippen LogP contribution in [0.25, 0.3) is 0 Å². The second kappa shape index (κ2) is 6.74. The van der Waals surface area contributed by atoms with Crippen LogP contribution in [-0.2, 0) is 9.47 Å². The molecule has 146 valence electrons. The fraction of sp³-hybridized carbons (Fsp3) is 0.529. The van der Waals surface area contributed by atoms with Crippen molar-refractivity contribution in [3.63, 3.8) is 0 Å². The van der Waals surface area contributed by atoms with Crippen LogP contribution in [0.4, 0.5) is 29.7 Å². The van der Waals surface area contributed by atoms with Gasteiger partial charge in [-0.1, -0.05) is 0 Å². The number of halogens is 2. The van der Waals surface area contributed by atoms with Gasteiger partial charge in [0.2, 0.25) is 0 Å². The molecule has 4 rings (SSSR count). The molecule has 10 heteroatoms. The van der Waals surface area contributed by atoms with Gasteiger partial charge >= 0.3 is 12.2 Å². The van der Waals surface area contributed by atoms with E-state index < -0.39 is 29.9 Å². The Bertz CT molecular complexity index is 758. The van der Waals surface area contributed by atoms with Gasteiger partial charge in [-0.15, -0.1) is 0 Å². The minimum absolute atomic E-state index is 0.0438. The summed E-state index contributed by atoms with van der Waals surface area (Å²) in [5, 5.41) is 2.43. The highest BCUT2D eigenvalue weighted by molar-refractivity contribution is 8.00. The molecule has 0 aliphatic carbocycles. The molecule has 1 aromatic rings. The average Bonchev–Trinajstić information content (AvgIpc) is 2.93. The number of alkyl carbamates (subject to hydrolysis) is 1. The van der Waals surface area contributed by atoms with Gasteiger partial charge in [0.15, 0.2) is 11.6 Å². The van der Waals surface area contributed by atoms with E-state index >= 15 is 0 Å². The molecule has 3 aliphatic rings. The van der Waals surface area contributed by atoms with Crippen LogP contribution in [0.1, 0.15) is 0 Å². The number of nitrogens with one attached hydrogen (secondary N) is 1. The van der Waals surface area contributed by atoms with Crippen LogP contribution in [-0.4, -0.2) is 63.1 Å². The number of methoxy groups -OCH3 is 1. The molecule has 0 radical (unpaired) electrons. The first-order chi connectivity index (χ1) is 12.9. The Morgan fingerprint density at radius 1 is 1.37 bits per heavy atom. The summed E-state index contributed by atoms with van der Waals surface area (Å²) in [7, 11) is 1.22. The summed E-state index contributed by atoms with van der Waals surface area (Å²) in [4.78, 5) is 26.0. The maximum Gasteiger partial charge on any atom is 0.414 e. The first kappa shape index (κ1) is 18.1. The van der Waals surface area contributed by atoms with E-state index in [0.717, 1.165) is 28.5 Å². The molecule has 3 heterocycles. The smallest absolute Gasteiger partial charge is 0.414 e. The third kappa shape index (κ3) is 3.26. The quantitative estimate of drug-likeness (QED) is 0.837. The van der Waals surface area contributed by atoms with E-state index in [4.69, 9.17) is 4.74 Å². The predicted octanol–water partition coefficient (Wildman–Crippen LogP) is 2.20. The molecule has 0 saturated carbocycles. The molecular formula is C17H19F2N3O4S. The van der Waals surface area contributed by atoms with Crippen LogP contribution < -0.4 is 15.1 Å². The predicted molar refractivity (Wildman–Crippen MR) is 96.4 cm³/mol. The van der Waals surface area contributed by atoms with Crippen LogP contribution in [0.5, 0.6) is 0 Å². The van der Waals surface area contributed by atoms with Crippen LogP contribution in [0.15, 0.2) is 12.1 Å². The van der Waals surface area contributed by atoms with Gasteiger partial charge in [0.1, 0.15) is 11.8 Å². The molecule has 1 aromatic carbocycles. The molecule has 1 unspecified atom stereocenters. The lowest BCUT2D eigenvalue weighted by molar-refractivity contribution is 0.132. The fourth-order valence-corrected chi connectivity index (χ4v) is 4.76. The molecule has 0 aromatic heterocycles. The van der Waals surface area contributed by atoms with Gasteiger partial charge in [-0.25, -0.2) is 18.4 Å². The number of nitrogens with zero attached hydrogens (tertiary/aromatic N) is 2. The van der Waals surface area contributed by atoms with Crippen molar-refractivity contribution >= 4 is 35.3 Å². The van der Waals surface area contributed by atoms with Gasteiger partial charge in [-0.3, -0.25) is 4.90 Å². The minimum Gasteiger partial charge on any atom is -0.453 e. The third-order valence-corrected chi connectivity index (χ3v) is 6.67. The summed E-state index contributed by atoms with van der Waals surface area (Å²) in [5.74, 6) is 0.670. The molecular weight excluding hydrogens is 380 g/mol. The standard InChI is InChI=1S/C17H19F2N3O4S/c1-25-15(23)20-4-11-5-22(16(24)26-11)10-2-12(18)14(13(19)3-10)21-6-17(7-21)8-27-9-17/h2-3,11H,4-9H2,1H3,(H,20,23). The van der Waals surface area contributed by atoms with Crippen molar-refractivity contribution in [2.24, 2.45) is 5.41 Å². The van der Waals surface area contributed by atoms with Crippen molar-refractivity contribution in [3.05, 3.63) is 23.8 Å². The summed E-state index contributed by atoms with van der Waals surface area (Å²) in [6, 6.07) is 2.30. The van der Waals surface area contributed by atoms with Gasteiger partial charge in [0, 0.05) is 42.1 Å². The highest BCUT2D eigenvalue weighted by atomic mass is 32.2. The second-order valence-corrected chi connectivity index (χ2v) is 8.08. The first-order valence-electron chi connectivity index (χ1n) is 8.52. The Morgan fingerprint density at radius 2 is 2.04 bits per heavy atom. The SMILES string of the molecule is COC(=O)NCC1CN(c2cc(F)c(N3CC4(CSC4)C3)c(F)c2)C(=O)O1. The Balaban J connectivity index is 1.45. The van der Waals surface area contributed by atoms with Crippen LogP contribution in [0.2, 0.25) is 0 Å². The van der Waals surface area contributed by atoms with E-state index in [1.807, 2.05) is 11.8 Å². The van der Waals surface area contributed by atoms with Gasteiger partial charge in [-0.05, 0) is 0 Å². The van der Waals surface area contributed by atoms with Gasteiger partial charge in [0.25, 0.3) is 0 Å². The lowest BCUT2D eigenvalue weighted by Crippen LogP contribution is -2.63. The molecule has 2 amide bonds. The van der Waals surface area contributed by atoms with E-state index in [1.54, 1.807) is 4.90 Å².